The quantitative estimate of drug-likeness (QED) is 0.904. The maximum absolute atomic E-state index is 12.6. The monoisotopic (exact) mass is 312 g/mol. The molecule has 0 saturated heterocycles. The molecule has 0 aromatic carbocycles. The van der Waals surface area contributed by atoms with E-state index in [2.05, 4.69) is 11.9 Å². The van der Waals surface area contributed by atoms with Crippen molar-refractivity contribution in [2.24, 2.45) is 5.92 Å². The van der Waals surface area contributed by atoms with Crippen LogP contribution in [0.4, 0.5) is 0 Å². The Kier molecular flexibility index (Phi) is 5.35. The zero-order chi connectivity index (χ0) is 15.5. The molecule has 6 heteroatoms. The molecule has 0 spiro atoms. The first-order valence-electron chi connectivity index (χ1n) is 7.52. The van der Waals surface area contributed by atoms with E-state index in [9.17, 15) is 8.42 Å². The molecule has 0 amide bonds. The summed E-state index contributed by atoms with van der Waals surface area (Å²) in [5.41, 5.74) is 0.611. The Labute approximate surface area is 127 Å². The Morgan fingerprint density at radius 1 is 1.29 bits per heavy atom. The average molecular weight is 312 g/mol. The predicted octanol–water partition coefficient (Wildman–Crippen LogP) is 2.16. The van der Waals surface area contributed by atoms with Crippen LogP contribution in [0.5, 0.6) is 0 Å². The Balaban J connectivity index is 2.11. The number of nitrogens with zero attached hydrogens (tertiary/aromatic N) is 2. The number of aliphatic hydroxyl groups is 1. The van der Waals surface area contributed by atoms with Crippen LogP contribution >= 0.6 is 0 Å². The van der Waals surface area contributed by atoms with E-state index in [0.717, 1.165) is 31.6 Å². The van der Waals surface area contributed by atoms with Crippen LogP contribution in [-0.2, 0) is 16.6 Å². The molecule has 1 aliphatic carbocycles. The number of rotatable bonds is 5. The lowest BCUT2D eigenvalue weighted by Gasteiger charge is -2.33. The molecule has 1 saturated carbocycles. The second-order valence-corrected chi connectivity index (χ2v) is 7.71. The SMILES string of the molecule is CCC1CCC(N(C)S(=O)(=O)c2ccc(CO)cn2)CC1. The fraction of sp³-hybridized carbons (Fsp3) is 0.667. The molecule has 1 aliphatic rings. The van der Waals surface area contributed by atoms with Crippen molar-refractivity contribution in [2.45, 2.75) is 56.7 Å². The van der Waals surface area contributed by atoms with Crippen LogP contribution < -0.4 is 0 Å². The van der Waals surface area contributed by atoms with Crippen molar-refractivity contribution in [3.63, 3.8) is 0 Å². The van der Waals surface area contributed by atoms with Gasteiger partial charge in [-0.05, 0) is 43.2 Å². The topological polar surface area (TPSA) is 70.5 Å². The van der Waals surface area contributed by atoms with Gasteiger partial charge in [0.05, 0.1) is 6.61 Å². The molecule has 1 aromatic heterocycles. The zero-order valence-electron chi connectivity index (χ0n) is 12.7. The van der Waals surface area contributed by atoms with E-state index in [1.807, 2.05) is 0 Å². The van der Waals surface area contributed by atoms with Gasteiger partial charge in [0.25, 0.3) is 10.0 Å². The number of hydrogen-bond acceptors (Lipinski definition) is 4. The Bertz CT molecular complexity index is 549. The van der Waals surface area contributed by atoms with Crippen molar-refractivity contribution < 1.29 is 13.5 Å². The summed E-state index contributed by atoms with van der Waals surface area (Å²) in [6.45, 7) is 2.06. The van der Waals surface area contributed by atoms with Gasteiger partial charge in [0.2, 0.25) is 0 Å². The summed E-state index contributed by atoms with van der Waals surface area (Å²) in [7, 11) is -1.90. The maximum atomic E-state index is 12.6. The van der Waals surface area contributed by atoms with E-state index >= 15 is 0 Å². The second kappa shape index (κ2) is 6.85. The minimum Gasteiger partial charge on any atom is -0.392 e. The van der Waals surface area contributed by atoms with Crippen molar-refractivity contribution in [2.75, 3.05) is 7.05 Å². The van der Waals surface area contributed by atoms with Crippen LogP contribution in [0.3, 0.4) is 0 Å². The Morgan fingerprint density at radius 2 is 1.95 bits per heavy atom. The van der Waals surface area contributed by atoms with E-state index in [1.54, 1.807) is 13.1 Å². The molecule has 1 N–H and O–H groups in total. The lowest BCUT2D eigenvalue weighted by atomic mass is 9.85. The molecule has 0 unspecified atom stereocenters. The van der Waals surface area contributed by atoms with E-state index in [1.165, 1.54) is 23.0 Å². The normalized spacial score (nSPS) is 23.4. The molecular weight excluding hydrogens is 288 g/mol. The van der Waals surface area contributed by atoms with Gasteiger partial charge in [0.15, 0.2) is 5.03 Å². The highest BCUT2D eigenvalue weighted by molar-refractivity contribution is 7.89. The first-order chi connectivity index (χ1) is 9.98. The first kappa shape index (κ1) is 16.4. The van der Waals surface area contributed by atoms with E-state index in [-0.39, 0.29) is 17.7 Å². The van der Waals surface area contributed by atoms with E-state index in [4.69, 9.17) is 5.11 Å². The van der Waals surface area contributed by atoms with E-state index in [0.29, 0.717) is 5.56 Å². The Morgan fingerprint density at radius 3 is 2.43 bits per heavy atom. The molecule has 5 nitrogen and oxygen atoms in total. The standard InChI is InChI=1S/C15H24N2O3S/c1-3-12-4-7-14(8-5-12)17(2)21(19,20)15-9-6-13(11-18)10-16-15/h6,9-10,12,14,18H,3-5,7-8,11H2,1-2H3. The van der Waals surface area contributed by atoms with Gasteiger partial charge >= 0.3 is 0 Å². The van der Waals surface area contributed by atoms with Gasteiger partial charge < -0.3 is 5.11 Å². The van der Waals surface area contributed by atoms with E-state index < -0.39 is 10.0 Å². The number of aliphatic hydroxyl groups excluding tert-OH is 1. The van der Waals surface area contributed by atoms with Gasteiger partial charge in [0.1, 0.15) is 0 Å². The van der Waals surface area contributed by atoms with Crippen molar-refractivity contribution in [1.82, 2.24) is 9.29 Å². The molecular formula is C15H24N2O3S. The summed E-state index contributed by atoms with van der Waals surface area (Å²) in [5, 5.41) is 9.05. The fourth-order valence-electron chi connectivity index (χ4n) is 2.92. The molecule has 0 bridgehead atoms. The molecule has 21 heavy (non-hydrogen) atoms. The highest BCUT2D eigenvalue weighted by atomic mass is 32.2. The van der Waals surface area contributed by atoms with Gasteiger partial charge in [-0.1, -0.05) is 19.4 Å². The van der Waals surface area contributed by atoms with Crippen LogP contribution in [0, 0.1) is 5.92 Å². The summed E-state index contributed by atoms with van der Waals surface area (Å²) in [4.78, 5) is 3.98. The molecule has 118 valence electrons. The highest BCUT2D eigenvalue weighted by Crippen LogP contribution is 2.31. The third-order valence-corrected chi connectivity index (χ3v) is 6.36. The number of sulfonamides is 1. The highest BCUT2D eigenvalue weighted by Gasteiger charge is 2.31. The van der Waals surface area contributed by atoms with Crippen LogP contribution in [0.1, 0.15) is 44.6 Å². The van der Waals surface area contributed by atoms with Gasteiger partial charge in [-0.25, -0.2) is 13.4 Å². The summed E-state index contributed by atoms with van der Waals surface area (Å²) >= 11 is 0. The van der Waals surface area contributed by atoms with Crippen LogP contribution in [0.15, 0.2) is 23.4 Å². The number of pyridine rings is 1. The zero-order valence-corrected chi connectivity index (χ0v) is 13.5. The number of hydrogen-bond donors (Lipinski definition) is 1. The fourth-order valence-corrected chi connectivity index (χ4v) is 4.24. The molecule has 0 radical (unpaired) electrons. The predicted molar refractivity (Wildman–Crippen MR) is 81.1 cm³/mol. The summed E-state index contributed by atoms with van der Waals surface area (Å²) in [5.74, 6) is 0.735. The molecule has 1 fully saturated rings. The average Bonchev–Trinajstić information content (AvgIpc) is 2.54. The lowest BCUT2D eigenvalue weighted by Crippen LogP contribution is -2.39. The van der Waals surface area contributed by atoms with Crippen molar-refractivity contribution >= 4 is 10.0 Å². The first-order valence-corrected chi connectivity index (χ1v) is 8.96. The molecule has 2 rings (SSSR count). The minimum absolute atomic E-state index is 0.0554. The summed E-state index contributed by atoms with van der Waals surface area (Å²) < 4.78 is 26.6. The second-order valence-electron chi connectivity index (χ2n) is 5.77. The molecule has 1 aromatic rings. The van der Waals surface area contributed by atoms with Gasteiger partial charge in [-0.15, -0.1) is 0 Å². The summed E-state index contributed by atoms with van der Waals surface area (Å²) in [6, 6.07) is 3.13. The third-order valence-electron chi connectivity index (χ3n) is 4.53. The molecule has 0 aliphatic heterocycles. The summed E-state index contributed by atoms with van der Waals surface area (Å²) in [6.07, 6.45) is 6.61. The van der Waals surface area contributed by atoms with Crippen molar-refractivity contribution in [3.8, 4) is 0 Å². The van der Waals surface area contributed by atoms with Gasteiger partial charge in [-0.3, -0.25) is 0 Å². The number of aromatic nitrogens is 1. The van der Waals surface area contributed by atoms with Crippen molar-refractivity contribution in [1.29, 1.82) is 0 Å². The largest absolute Gasteiger partial charge is 0.392 e. The lowest BCUT2D eigenvalue weighted by molar-refractivity contribution is 0.232. The molecule has 0 atom stereocenters. The van der Waals surface area contributed by atoms with Gasteiger partial charge in [-0.2, -0.15) is 4.31 Å². The Hall–Kier alpha value is -0.980. The maximum Gasteiger partial charge on any atom is 0.260 e. The van der Waals surface area contributed by atoms with Crippen LogP contribution in [0.25, 0.3) is 0 Å². The smallest absolute Gasteiger partial charge is 0.260 e. The van der Waals surface area contributed by atoms with Crippen molar-refractivity contribution in [3.05, 3.63) is 23.9 Å². The van der Waals surface area contributed by atoms with Crippen LogP contribution in [-0.4, -0.2) is 35.9 Å². The molecule has 1 heterocycles. The third kappa shape index (κ3) is 3.62. The minimum atomic E-state index is -3.55. The van der Waals surface area contributed by atoms with Gasteiger partial charge in [0, 0.05) is 19.3 Å². The van der Waals surface area contributed by atoms with Crippen LogP contribution in [0.2, 0.25) is 0 Å².